The van der Waals surface area contributed by atoms with E-state index < -0.39 is 18.2 Å². The summed E-state index contributed by atoms with van der Waals surface area (Å²) < 4.78 is 12.8. The van der Waals surface area contributed by atoms with Gasteiger partial charge in [-0.1, -0.05) is 61.4 Å². The molecule has 4 rings (SSSR count). The molecule has 1 aliphatic rings. The van der Waals surface area contributed by atoms with E-state index in [0.29, 0.717) is 42.0 Å². The van der Waals surface area contributed by atoms with Crippen molar-refractivity contribution in [3.63, 3.8) is 0 Å². The van der Waals surface area contributed by atoms with Gasteiger partial charge in [-0.3, -0.25) is 14.8 Å². The molecule has 0 unspecified atom stereocenters. The zero-order valence-corrected chi connectivity index (χ0v) is 25.1. The van der Waals surface area contributed by atoms with Crippen molar-refractivity contribution < 1.29 is 39.3 Å². The second-order valence-corrected chi connectivity index (χ2v) is 11.6. The van der Waals surface area contributed by atoms with Crippen LogP contribution in [0, 0.1) is 0 Å². The van der Waals surface area contributed by atoms with Crippen LogP contribution in [0.2, 0.25) is 0 Å². The van der Waals surface area contributed by atoms with Gasteiger partial charge < -0.3 is 25.0 Å². The van der Waals surface area contributed by atoms with E-state index in [1.165, 1.54) is 11.8 Å². The summed E-state index contributed by atoms with van der Waals surface area (Å²) in [6.45, 7) is -0.0474. The van der Waals surface area contributed by atoms with Gasteiger partial charge in [0.25, 0.3) is 0 Å². The van der Waals surface area contributed by atoms with E-state index in [2.05, 4.69) is 5.32 Å². The molecule has 10 nitrogen and oxygen atoms in total. The molecule has 0 bridgehead atoms. The molecule has 44 heavy (non-hydrogen) atoms. The van der Waals surface area contributed by atoms with Crippen LogP contribution in [0.1, 0.15) is 84.4 Å². The second-order valence-electron chi connectivity index (χ2n) is 10.6. The minimum atomic E-state index is -0.974. The Balaban J connectivity index is 1.37. The zero-order valence-electron chi connectivity index (χ0n) is 24.3. The number of unbranched alkanes of at least 4 members (excludes halogenated alkanes) is 3. The molecule has 5 N–H and O–H groups in total. The van der Waals surface area contributed by atoms with Crippen LogP contribution in [0.15, 0.2) is 77.7 Å². The molecule has 0 saturated carbocycles. The van der Waals surface area contributed by atoms with Crippen LogP contribution in [-0.2, 0) is 25.7 Å². The van der Waals surface area contributed by atoms with Gasteiger partial charge in [-0.25, -0.2) is 10.3 Å². The van der Waals surface area contributed by atoms with Crippen LogP contribution < -0.4 is 10.8 Å². The van der Waals surface area contributed by atoms with Gasteiger partial charge in [-0.2, -0.15) is 0 Å². The van der Waals surface area contributed by atoms with E-state index >= 15 is 0 Å². The number of carbonyl (C=O) groups is 3. The SMILES string of the molecule is O=C(CCCCCCC(=O)Nc1ccc([C@@H]2O[C@H](CSc3ccccc3C(=O)O)C[C@H](c3ccc(CO)cc3)O2)cc1)NO. The number of aliphatic hydroxyl groups excluding tert-OH is 1. The van der Waals surface area contributed by atoms with Gasteiger partial charge >= 0.3 is 5.97 Å². The van der Waals surface area contributed by atoms with Crippen molar-refractivity contribution in [2.45, 2.75) is 74.9 Å². The van der Waals surface area contributed by atoms with Gasteiger partial charge in [0.2, 0.25) is 11.8 Å². The zero-order chi connectivity index (χ0) is 31.3. The molecule has 234 valence electrons. The maximum atomic E-state index is 12.4. The Hall–Kier alpha value is -3.74. The Bertz CT molecular complexity index is 1380. The quantitative estimate of drug-likeness (QED) is 0.0594. The smallest absolute Gasteiger partial charge is 0.336 e. The fraction of sp³-hybridized carbons (Fsp3) is 0.364. The summed E-state index contributed by atoms with van der Waals surface area (Å²) in [7, 11) is 0. The number of hydroxylamine groups is 1. The van der Waals surface area contributed by atoms with Crippen molar-refractivity contribution in [1.29, 1.82) is 0 Å². The number of thioether (sulfide) groups is 1. The number of anilines is 1. The van der Waals surface area contributed by atoms with Gasteiger partial charge in [-0.05, 0) is 48.2 Å². The standard InChI is InChI=1S/C33H38N2O8S/c36-20-22-11-13-23(14-12-22)28-19-26(21-44-29-8-6-5-7-27(29)32(39)40)42-33(43-28)24-15-17-25(18-16-24)34-30(37)9-3-1-2-4-10-31(38)35-41/h5-8,11-18,26,28,33,36,41H,1-4,9-10,19-21H2,(H,34,37)(H,35,38)(H,39,40)/t26-,28+,33+/m0/s1. The second kappa shape index (κ2) is 16.9. The number of hydrogen-bond acceptors (Lipinski definition) is 8. The summed E-state index contributed by atoms with van der Waals surface area (Å²) >= 11 is 1.43. The average Bonchev–Trinajstić information content (AvgIpc) is 3.05. The number of aromatic carboxylic acids is 1. The molecule has 3 atom stereocenters. The first-order valence-corrected chi connectivity index (χ1v) is 15.6. The van der Waals surface area contributed by atoms with E-state index in [1.807, 2.05) is 42.5 Å². The highest BCUT2D eigenvalue weighted by Gasteiger charge is 2.32. The number of hydrogen-bond donors (Lipinski definition) is 5. The van der Waals surface area contributed by atoms with Crippen molar-refractivity contribution in [2.75, 3.05) is 11.1 Å². The molecular formula is C33H38N2O8S. The minimum Gasteiger partial charge on any atom is -0.478 e. The van der Waals surface area contributed by atoms with Crippen LogP contribution in [0.25, 0.3) is 0 Å². The molecule has 0 aliphatic carbocycles. The summed E-state index contributed by atoms with van der Waals surface area (Å²) in [4.78, 5) is 35.8. The van der Waals surface area contributed by atoms with Crippen LogP contribution in [0.5, 0.6) is 0 Å². The Morgan fingerprint density at radius 2 is 1.48 bits per heavy atom. The van der Waals surface area contributed by atoms with E-state index in [4.69, 9.17) is 14.7 Å². The predicted octanol–water partition coefficient (Wildman–Crippen LogP) is 6.00. The molecule has 0 radical (unpaired) electrons. The third-order valence-electron chi connectivity index (χ3n) is 7.31. The number of nitrogens with one attached hydrogen (secondary N) is 2. The predicted molar refractivity (Wildman–Crippen MR) is 165 cm³/mol. The largest absolute Gasteiger partial charge is 0.478 e. The maximum Gasteiger partial charge on any atom is 0.336 e. The van der Waals surface area contributed by atoms with E-state index in [9.17, 15) is 24.6 Å². The Labute approximate surface area is 260 Å². The number of carboxylic acid groups (broad SMARTS) is 1. The van der Waals surface area contributed by atoms with Gasteiger partial charge in [-0.15, -0.1) is 11.8 Å². The van der Waals surface area contributed by atoms with Crippen molar-refractivity contribution in [1.82, 2.24) is 5.48 Å². The van der Waals surface area contributed by atoms with Crippen LogP contribution in [-0.4, -0.2) is 45.1 Å². The number of aliphatic hydroxyl groups is 1. The Kier molecular flexibility index (Phi) is 12.8. The van der Waals surface area contributed by atoms with E-state index in [-0.39, 0.29) is 36.7 Å². The van der Waals surface area contributed by atoms with E-state index in [0.717, 1.165) is 29.5 Å². The van der Waals surface area contributed by atoms with Crippen LogP contribution in [0.3, 0.4) is 0 Å². The van der Waals surface area contributed by atoms with Crippen molar-refractivity contribution in [3.05, 3.63) is 95.1 Å². The normalized spacial score (nSPS) is 18.0. The summed E-state index contributed by atoms with van der Waals surface area (Å²) in [5.74, 6) is -0.949. The molecule has 1 saturated heterocycles. The highest BCUT2D eigenvalue weighted by molar-refractivity contribution is 7.99. The summed E-state index contributed by atoms with van der Waals surface area (Å²) in [5, 5.41) is 30.4. The Morgan fingerprint density at radius 3 is 2.14 bits per heavy atom. The van der Waals surface area contributed by atoms with E-state index in [1.54, 1.807) is 35.8 Å². The van der Waals surface area contributed by atoms with Crippen LogP contribution >= 0.6 is 11.8 Å². The molecule has 2 amide bonds. The molecule has 1 heterocycles. The minimum absolute atomic E-state index is 0.0474. The fourth-order valence-electron chi connectivity index (χ4n) is 4.90. The van der Waals surface area contributed by atoms with Crippen molar-refractivity contribution in [2.24, 2.45) is 0 Å². The molecule has 3 aromatic rings. The molecule has 1 aliphatic heterocycles. The van der Waals surface area contributed by atoms with Gasteiger partial charge in [0.05, 0.1) is 24.4 Å². The molecule has 3 aromatic carbocycles. The van der Waals surface area contributed by atoms with Gasteiger partial charge in [0.15, 0.2) is 6.29 Å². The highest BCUT2D eigenvalue weighted by atomic mass is 32.2. The lowest BCUT2D eigenvalue weighted by Crippen LogP contribution is -2.31. The number of carboxylic acids is 1. The maximum absolute atomic E-state index is 12.4. The monoisotopic (exact) mass is 622 g/mol. The number of ether oxygens (including phenoxy) is 2. The summed E-state index contributed by atoms with van der Waals surface area (Å²) in [6.07, 6.45) is 2.98. The third kappa shape index (κ3) is 9.90. The molecule has 11 heteroatoms. The number of benzene rings is 3. The van der Waals surface area contributed by atoms with Crippen molar-refractivity contribution >= 4 is 35.2 Å². The molecule has 0 aromatic heterocycles. The Morgan fingerprint density at radius 1 is 0.818 bits per heavy atom. The fourth-order valence-corrected chi connectivity index (χ4v) is 5.97. The highest BCUT2D eigenvalue weighted by Crippen LogP contribution is 2.40. The first kappa shape index (κ1) is 33.2. The number of carbonyl (C=O) groups excluding carboxylic acids is 2. The summed E-state index contributed by atoms with van der Waals surface area (Å²) in [6, 6.07) is 21.8. The van der Waals surface area contributed by atoms with Gasteiger partial charge in [0.1, 0.15) is 0 Å². The average molecular weight is 623 g/mol. The first-order chi connectivity index (χ1) is 21.4. The molecule has 0 spiro atoms. The topological polar surface area (TPSA) is 154 Å². The third-order valence-corrected chi connectivity index (χ3v) is 8.51. The lowest BCUT2D eigenvalue weighted by atomic mass is 10.0. The lowest BCUT2D eigenvalue weighted by Gasteiger charge is -2.36. The number of amides is 2. The lowest BCUT2D eigenvalue weighted by molar-refractivity contribution is -0.245. The van der Waals surface area contributed by atoms with Gasteiger partial charge in [0, 0.05) is 41.2 Å². The molecular weight excluding hydrogens is 584 g/mol. The number of rotatable bonds is 15. The first-order valence-electron chi connectivity index (χ1n) is 14.6. The molecule has 1 fully saturated rings. The summed E-state index contributed by atoms with van der Waals surface area (Å²) in [5.41, 5.74) is 5.07. The van der Waals surface area contributed by atoms with Crippen LogP contribution in [0.4, 0.5) is 5.69 Å². The van der Waals surface area contributed by atoms with Crippen molar-refractivity contribution in [3.8, 4) is 0 Å².